The summed E-state index contributed by atoms with van der Waals surface area (Å²) in [4.78, 5) is 11.9. The van der Waals surface area contributed by atoms with Crippen molar-refractivity contribution in [3.05, 3.63) is 47.4 Å². The predicted octanol–water partition coefficient (Wildman–Crippen LogP) is 1.46. The maximum Gasteiger partial charge on any atom is 0.276 e. The van der Waals surface area contributed by atoms with Crippen molar-refractivity contribution in [2.45, 2.75) is 6.92 Å². The summed E-state index contributed by atoms with van der Waals surface area (Å²) in [6.45, 7) is 1.58. The first-order valence-corrected chi connectivity index (χ1v) is 5.48. The molecule has 0 spiro atoms. The Morgan fingerprint density at radius 2 is 2.05 bits per heavy atom. The number of hydrogen-bond acceptors (Lipinski definition) is 5. The highest BCUT2D eigenvalue weighted by atomic mass is 19.1. The zero-order valence-electron chi connectivity index (χ0n) is 10.1. The molecule has 1 amide bonds. The number of rotatable bonds is 3. The number of nitrogen functional groups attached to an aromatic ring is 1. The van der Waals surface area contributed by atoms with Gasteiger partial charge < -0.3 is 10.7 Å². The SMILES string of the molecule is Cc1c(F)cccc1NC(=O)c1ccc(NN)nn1. The molecule has 1 heterocycles. The number of carbonyl (C=O) groups is 1. The van der Waals surface area contributed by atoms with Crippen molar-refractivity contribution < 1.29 is 9.18 Å². The molecule has 0 radical (unpaired) electrons. The molecule has 2 rings (SSSR count). The van der Waals surface area contributed by atoms with E-state index in [0.29, 0.717) is 17.1 Å². The lowest BCUT2D eigenvalue weighted by atomic mass is 10.2. The fourth-order valence-corrected chi connectivity index (χ4v) is 1.46. The Morgan fingerprint density at radius 1 is 1.26 bits per heavy atom. The molecule has 4 N–H and O–H groups in total. The summed E-state index contributed by atoms with van der Waals surface area (Å²) in [6, 6.07) is 7.43. The van der Waals surface area contributed by atoms with Gasteiger partial charge in [0, 0.05) is 11.3 Å². The number of nitrogens with zero attached hydrogens (tertiary/aromatic N) is 2. The largest absolute Gasteiger partial charge is 0.320 e. The fraction of sp³-hybridized carbons (Fsp3) is 0.0833. The van der Waals surface area contributed by atoms with Crippen molar-refractivity contribution in [1.29, 1.82) is 0 Å². The number of hydrazine groups is 1. The van der Waals surface area contributed by atoms with Crippen LogP contribution in [0.4, 0.5) is 15.9 Å². The van der Waals surface area contributed by atoms with Crippen molar-refractivity contribution in [3.8, 4) is 0 Å². The van der Waals surface area contributed by atoms with Gasteiger partial charge in [-0.05, 0) is 31.2 Å². The lowest BCUT2D eigenvalue weighted by Gasteiger charge is -2.08. The Hall–Kier alpha value is -2.54. The molecule has 0 fully saturated rings. The molecular formula is C12H12FN5O. The van der Waals surface area contributed by atoms with Crippen molar-refractivity contribution in [2.24, 2.45) is 5.84 Å². The number of aromatic nitrogens is 2. The van der Waals surface area contributed by atoms with E-state index < -0.39 is 5.91 Å². The number of anilines is 2. The predicted molar refractivity (Wildman–Crippen MR) is 68.9 cm³/mol. The number of carbonyl (C=O) groups excluding carboxylic acids is 1. The third-order valence-corrected chi connectivity index (χ3v) is 2.56. The second-order valence-corrected chi connectivity index (χ2v) is 3.81. The van der Waals surface area contributed by atoms with Gasteiger partial charge in [0.2, 0.25) is 0 Å². The molecule has 1 aromatic carbocycles. The molecule has 0 atom stereocenters. The van der Waals surface area contributed by atoms with Gasteiger partial charge in [0.05, 0.1) is 0 Å². The first-order valence-electron chi connectivity index (χ1n) is 5.48. The van der Waals surface area contributed by atoms with Gasteiger partial charge >= 0.3 is 0 Å². The molecule has 19 heavy (non-hydrogen) atoms. The monoisotopic (exact) mass is 261 g/mol. The molecule has 2 aromatic rings. The molecule has 0 unspecified atom stereocenters. The van der Waals surface area contributed by atoms with Gasteiger partial charge in [-0.1, -0.05) is 6.07 Å². The quantitative estimate of drug-likeness (QED) is 0.574. The third kappa shape index (κ3) is 2.83. The number of amides is 1. The average Bonchev–Trinajstić information content (AvgIpc) is 2.44. The van der Waals surface area contributed by atoms with Gasteiger partial charge in [0.15, 0.2) is 11.5 Å². The minimum absolute atomic E-state index is 0.114. The van der Waals surface area contributed by atoms with E-state index in [9.17, 15) is 9.18 Å². The van der Waals surface area contributed by atoms with E-state index in [1.807, 2.05) is 0 Å². The molecule has 6 nitrogen and oxygen atoms in total. The number of hydrogen-bond donors (Lipinski definition) is 3. The van der Waals surface area contributed by atoms with Crippen LogP contribution in [0.15, 0.2) is 30.3 Å². The summed E-state index contributed by atoms with van der Waals surface area (Å²) in [5, 5.41) is 9.95. The zero-order valence-corrected chi connectivity index (χ0v) is 10.1. The van der Waals surface area contributed by atoms with Gasteiger partial charge in [-0.3, -0.25) is 4.79 Å². The lowest BCUT2D eigenvalue weighted by Crippen LogP contribution is -2.16. The Morgan fingerprint density at radius 3 is 2.68 bits per heavy atom. The van der Waals surface area contributed by atoms with Crippen LogP contribution in [0.5, 0.6) is 0 Å². The van der Waals surface area contributed by atoms with Crippen LogP contribution in [0.25, 0.3) is 0 Å². The standard InChI is InChI=1S/C12H12FN5O/c1-7-8(13)3-2-4-9(7)15-12(19)10-5-6-11(16-14)18-17-10/h2-6H,14H2,1H3,(H,15,19)(H,16,18). The van der Waals surface area contributed by atoms with E-state index in [4.69, 9.17) is 5.84 Å². The number of benzene rings is 1. The molecular weight excluding hydrogens is 249 g/mol. The summed E-state index contributed by atoms with van der Waals surface area (Å²) in [6.07, 6.45) is 0. The van der Waals surface area contributed by atoms with Crippen molar-refractivity contribution in [2.75, 3.05) is 10.7 Å². The summed E-state index contributed by atoms with van der Waals surface area (Å²) < 4.78 is 13.3. The molecule has 0 saturated carbocycles. The Bertz CT molecular complexity index is 600. The number of nitrogens with one attached hydrogen (secondary N) is 2. The molecule has 7 heteroatoms. The highest BCUT2D eigenvalue weighted by Gasteiger charge is 2.11. The second-order valence-electron chi connectivity index (χ2n) is 3.81. The van der Waals surface area contributed by atoms with E-state index >= 15 is 0 Å². The number of nitrogens with two attached hydrogens (primary N) is 1. The molecule has 0 saturated heterocycles. The van der Waals surface area contributed by atoms with Crippen LogP contribution < -0.4 is 16.6 Å². The van der Waals surface area contributed by atoms with E-state index in [1.165, 1.54) is 24.3 Å². The minimum Gasteiger partial charge on any atom is -0.320 e. The molecule has 0 bridgehead atoms. The van der Waals surface area contributed by atoms with Crippen LogP contribution in [0, 0.1) is 12.7 Å². The van der Waals surface area contributed by atoms with E-state index in [-0.39, 0.29) is 11.5 Å². The first kappa shape index (κ1) is 12.9. The smallest absolute Gasteiger partial charge is 0.276 e. The van der Waals surface area contributed by atoms with Crippen LogP contribution >= 0.6 is 0 Å². The van der Waals surface area contributed by atoms with E-state index in [0.717, 1.165) is 0 Å². The van der Waals surface area contributed by atoms with Crippen LogP contribution in [-0.4, -0.2) is 16.1 Å². The van der Waals surface area contributed by atoms with Gasteiger partial charge in [-0.15, -0.1) is 10.2 Å². The number of halogens is 1. The van der Waals surface area contributed by atoms with Gasteiger partial charge in [-0.25, -0.2) is 10.2 Å². The van der Waals surface area contributed by atoms with Crippen LogP contribution in [0.2, 0.25) is 0 Å². The lowest BCUT2D eigenvalue weighted by molar-refractivity contribution is 0.102. The van der Waals surface area contributed by atoms with Crippen LogP contribution in [0.1, 0.15) is 16.1 Å². The van der Waals surface area contributed by atoms with Crippen molar-refractivity contribution in [1.82, 2.24) is 10.2 Å². The van der Waals surface area contributed by atoms with Crippen LogP contribution in [0.3, 0.4) is 0 Å². The topological polar surface area (TPSA) is 92.9 Å². The molecule has 98 valence electrons. The summed E-state index contributed by atoms with van der Waals surface area (Å²) >= 11 is 0. The fourth-order valence-electron chi connectivity index (χ4n) is 1.46. The maximum absolute atomic E-state index is 13.3. The van der Waals surface area contributed by atoms with E-state index in [1.54, 1.807) is 13.0 Å². The van der Waals surface area contributed by atoms with Crippen LogP contribution in [-0.2, 0) is 0 Å². The van der Waals surface area contributed by atoms with Gasteiger partial charge in [-0.2, -0.15) is 0 Å². The summed E-state index contributed by atoms with van der Waals surface area (Å²) in [7, 11) is 0. The summed E-state index contributed by atoms with van der Waals surface area (Å²) in [5.41, 5.74) is 3.18. The Kier molecular flexibility index (Phi) is 3.67. The van der Waals surface area contributed by atoms with Gasteiger partial charge in [0.1, 0.15) is 5.82 Å². The summed E-state index contributed by atoms with van der Waals surface area (Å²) in [5.74, 6) is 4.64. The molecule has 0 aliphatic heterocycles. The highest BCUT2D eigenvalue weighted by molar-refractivity contribution is 6.03. The molecule has 0 aliphatic carbocycles. The average molecular weight is 261 g/mol. The first-order chi connectivity index (χ1) is 9.11. The normalized spacial score (nSPS) is 10.1. The van der Waals surface area contributed by atoms with Crippen molar-refractivity contribution in [3.63, 3.8) is 0 Å². The minimum atomic E-state index is -0.468. The highest BCUT2D eigenvalue weighted by Crippen LogP contribution is 2.18. The van der Waals surface area contributed by atoms with E-state index in [2.05, 4.69) is 20.9 Å². The maximum atomic E-state index is 13.3. The van der Waals surface area contributed by atoms with Gasteiger partial charge in [0.25, 0.3) is 5.91 Å². The molecule has 0 aliphatic rings. The van der Waals surface area contributed by atoms with Crippen molar-refractivity contribution >= 4 is 17.4 Å². The third-order valence-electron chi connectivity index (χ3n) is 2.56. The second kappa shape index (κ2) is 5.40. The zero-order chi connectivity index (χ0) is 13.8. The Balaban J connectivity index is 2.18. The Labute approximate surface area is 108 Å². The molecule has 1 aromatic heterocycles.